The van der Waals surface area contributed by atoms with Crippen LogP contribution in [0.1, 0.15) is 27.8 Å². The van der Waals surface area contributed by atoms with Crippen LogP contribution in [-0.2, 0) is 10.5 Å². The maximum atomic E-state index is 11.3. The van der Waals surface area contributed by atoms with Crippen molar-refractivity contribution in [2.75, 3.05) is 12.9 Å². The second-order valence-corrected chi connectivity index (χ2v) is 4.11. The summed E-state index contributed by atoms with van der Waals surface area (Å²) in [6.07, 6.45) is 0. The maximum Gasteiger partial charge on any atom is 0.358 e. The Hall–Kier alpha value is -1.01. The predicted molar refractivity (Wildman–Crippen MR) is 53.0 cm³/mol. The van der Waals surface area contributed by atoms with Gasteiger partial charge in [-0.2, -0.15) is 16.9 Å². The van der Waals surface area contributed by atoms with Crippen molar-refractivity contribution < 1.29 is 9.53 Å². The number of aromatic nitrogens is 2. The molecule has 1 atom stereocenters. The summed E-state index contributed by atoms with van der Waals surface area (Å²) in [6, 6.07) is -0.0605. The minimum absolute atomic E-state index is 0.0605. The van der Waals surface area contributed by atoms with Crippen LogP contribution in [0.2, 0.25) is 0 Å². The third kappa shape index (κ3) is 1.40. The number of ether oxygens (including phenoxy) is 1. The summed E-state index contributed by atoms with van der Waals surface area (Å²) < 4.78 is 4.62. The topological polar surface area (TPSA) is 81.0 Å². The summed E-state index contributed by atoms with van der Waals surface area (Å²) in [4.78, 5) is 11.3. The number of thioether (sulfide) groups is 1. The number of hydrogen-bond donors (Lipinski definition) is 2. The van der Waals surface area contributed by atoms with Crippen LogP contribution in [0.5, 0.6) is 0 Å². The van der Waals surface area contributed by atoms with Crippen LogP contribution in [0, 0.1) is 0 Å². The van der Waals surface area contributed by atoms with Gasteiger partial charge < -0.3 is 10.5 Å². The van der Waals surface area contributed by atoms with Gasteiger partial charge in [-0.05, 0) is 0 Å². The van der Waals surface area contributed by atoms with Gasteiger partial charge in [0, 0.05) is 17.1 Å². The summed E-state index contributed by atoms with van der Waals surface area (Å²) in [5.74, 6) is 1.22. The molecule has 1 unspecified atom stereocenters. The van der Waals surface area contributed by atoms with E-state index in [1.165, 1.54) is 7.11 Å². The number of nitrogens with one attached hydrogen (secondary N) is 1. The fraction of sp³-hybridized carbons (Fsp3) is 0.500. The summed E-state index contributed by atoms with van der Waals surface area (Å²) in [5.41, 5.74) is 7.98. The molecule has 0 aromatic carbocycles. The van der Waals surface area contributed by atoms with E-state index in [4.69, 9.17) is 5.73 Å². The Morgan fingerprint density at radius 1 is 1.79 bits per heavy atom. The lowest BCUT2D eigenvalue weighted by Crippen LogP contribution is -2.19. The third-order valence-corrected chi connectivity index (χ3v) is 3.28. The minimum atomic E-state index is -0.405. The van der Waals surface area contributed by atoms with Crippen LogP contribution >= 0.6 is 11.8 Å². The zero-order valence-corrected chi connectivity index (χ0v) is 8.56. The Kier molecular flexibility index (Phi) is 2.47. The van der Waals surface area contributed by atoms with E-state index in [0.29, 0.717) is 5.69 Å². The van der Waals surface area contributed by atoms with Gasteiger partial charge in [-0.15, -0.1) is 0 Å². The average Bonchev–Trinajstić information content (AvgIpc) is 2.62. The molecule has 0 spiro atoms. The first kappa shape index (κ1) is 9.54. The number of hydrogen-bond acceptors (Lipinski definition) is 5. The average molecular weight is 213 g/mol. The molecule has 0 bridgehead atoms. The number of H-pyrrole nitrogens is 1. The molecule has 1 aromatic heterocycles. The molecule has 3 N–H and O–H groups in total. The molecule has 2 heterocycles. The second kappa shape index (κ2) is 3.62. The number of aromatic amines is 1. The second-order valence-electron chi connectivity index (χ2n) is 3.08. The highest BCUT2D eigenvalue weighted by molar-refractivity contribution is 7.98. The first-order valence-electron chi connectivity index (χ1n) is 4.22. The Labute approximate surface area is 85.4 Å². The number of carbonyl (C=O) groups excluding carboxylic acids is 1. The molecule has 1 aliphatic heterocycles. The fourth-order valence-electron chi connectivity index (χ4n) is 1.47. The van der Waals surface area contributed by atoms with Crippen molar-refractivity contribution in [1.82, 2.24) is 10.2 Å². The first-order chi connectivity index (χ1) is 6.74. The van der Waals surface area contributed by atoms with E-state index in [9.17, 15) is 4.79 Å². The lowest BCUT2D eigenvalue weighted by Gasteiger charge is -2.17. The smallest absolute Gasteiger partial charge is 0.358 e. The molecule has 5 nitrogen and oxygen atoms in total. The lowest BCUT2D eigenvalue weighted by molar-refractivity contribution is 0.0593. The van der Waals surface area contributed by atoms with Crippen LogP contribution in [0.15, 0.2) is 0 Å². The molecule has 0 amide bonds. The number of nitrogens with two attached hydrogens (primary N) is 1. The molecule has 0 aliphatic carbocycles. The molecule has 14 heavy (non-hydrogen) atoms. The molecule has 6 heteroatoms. The van der Waals surface area contributed by atoms with E-state index in [0.717, 1.165) is 22.8 Å². The largest absolute Gasteiger partial charge is 0.464 e. The number of methoxy groups -OCH3 is 1. The summed E-state index contributed by atoms with van der Waals surface area (Å²) >= 11 is 1.70. The molecule has 2 rings (SSSR count). The van der Waals surface area contributed by atoms with Crippen molar-refractivity contribution in [2.45, 2.75) is 11.8 Å². The standard InChI is InChI=1S/C8H11N3O2S/c1-13-8(12)7-4-2-14-3-5(9)6(4)10-11-7/h5H,2-3,9H2,1H3,(H,10,11). The van der Waals surface area contributed by atoms with Crippen molar-refractivity contribution in [3.8, 4) is 0 Å². The van der Waals surface area contributed by atoms with Crippen LogP contribution in [0.3, 0.4) is 0 Å². The van der Waals surface area contributed by atoms with Gasteiger partial charge in [0.2, 0.25) is 0 Å². The minimum Gasteiger partial charge on any atom is -0.464 e. The molecule has 76 valence electrons. The quantitative estimate of drug-likeness (QED) is 0.662. The fourth-order valence-corrected chi connectivity index (χ4v) is 2.50. The number of rotatable bonds is 1. The van der Waals surface area contributed by atoms with Crippen LogP contribution in [-0.4, -0.2) is 29.0 Å². The van der Waals surface area contributed by atoms with Crippen molar-refractivity contribution in [3.05, 3.63) is 17.0 Å². The molecule has 0 fully saturated rings. The van der Waals surface area contributed by atoms with E-state index in [1.807, 2.05) is 0 Å². The SMILES string of the molecule is COC(=O)c1n[nH]c2c1CSCC2N. The Bertz CT molecular complexity index is 363. The van der Waals surface area contributed by atoms with Gasteiger partial charge in [-0.25, -0.2) is 4.79 Å². The highest BCUT2D eigenvalue weighted by Crippen LogP contribution is 2.30. The third-order valence-electron chi connectivity index (χ3n) is 2.19. The van der Waals surface area contributed by atoms with Crippen molar-refractivity contribution >= 4 is 17.7 Å². The van der Waals surface area contributed by atoms with E-state index in [1.54, 1.807) is 11.8 Å². The van der Waals surface area contributed by atoms with E-state index in [-0.39, 0.29) is 6.04 Å². The Balaban J connectivity index is 2.40. The van der Waals surface area contributed by atoms with Crippen molar-refractivity contribution in [1.29, 1.82) is 0 Å². The zero-order valence-electron chi connectivity index (χ0n) is 7.74. The van der Waals surface area contributed by atoms with E-state index >= 15 is 0 Å². The van der Waals surface area contributed by atoms with Crippen molar-refractivity contribution in [2.24, 2.45) is 5.73 Å². The first-order valence-corrected chi connectivity index (χ1v) is 5.38. The van der Waals surface area contributed by atoms with Gasteiger partial charge >= 0.3 is 5.97 Å². The molecule has 0 radical (unpaired) electrons. The molecule has 1 aliphatic rings. The normalized spacial score (nSPS) is 20.3. The monoisotopic (exact) mass is 213 g/mol. The van der Waals surface area contributed by atoms with Gasteiger partial charge in [0.05, 0.1) is 18.8 Å². The van der Waals surface area contributed by atoms with E-state index in [2.05, 4.69) is 14.9 Å². The molecule has 1 aromatic rings. The predicted octanol–water partition coefficient (Wildman–Crippen LogP) is 0.443. The van der Waals surface area contributed by atoms with Crippen LogP contribution < -0.4 is 5.73 Å². The van der Waals surface area contributed by atoms with Crippen LogP contribution in [0.25, 0.3) is 0 Å². The van der Waals surface area contributed by atoms with Gasteiger partial charge in [-0.3, -0.25) is 5.10 Å². The number of fused-ring (bicyclic) bond motifs is 1. The van der Waals surface area contributed by atoms with Gasteiger partial charge in [-0.1, -0.05) is 0 Å². The van der Waals surface area contributed by atoms with Gasteiger partial charge in [0.1, 0.15) is 0 Å². The summed E-state index contributed by atoms with van der Waals surface area (Å²) in [5, 5.41) is 6.73. The van der Waals surface area contributed by atoms with Crippen LogP contribution in [0.4, 0.5) is 0 Å². The van der Waals surface area contributed by atoms with Gasteiger partial charge in [0.15, 0.2) is 5.69 Å². The number of nitrogens with zero attached hydrogens (tertiary/aromatic N) is 1. The highest BCUT2D eigenvalue weighted by Gasteiger charge is 2.26. The van der Waals surface area contributed by atoms with Crippen molar-refractivity contribution in [3.63, 3.8) is 0 Å². The maximum absolute atomic E-state index is 11.3. The zero-order chi connectivity index (χ0) is 10.1. The molecular formula is C8H11N3O2S. The Morgan fingerprint density at radius 2 is 2.57 bits per heavy atom. The van der Waals surface area contributed by atoms with E-state index < -0.39 is 5.97 Å². The highest BCUT2D eigenvalue weighted by atomic mass is 32.2. The number of carbonyl (C=O) groups is 1. The Morgan fingerprint density at radius 3 is 3.29 bits per heavy atom. The molecular weight excluding hydrogens is 202 g/mol. The summed E-state index contributed by atoms with van der Waals surface area (Å²) in [7, 11) is 1.35. The number of esters is 1. The van der Waals surface area contributed by atoms with Gasteiger partial charge in [0.25, 0.3) is 0 Å². The molecule has 0 saturated heterocycles. The summed E-state index contributed by atoms with van der Waals surface area (Å²) in [6.45, 7) is 0. The lowest BCUT2D eigenvalue weighted by atomic mass is 10.1. The molecule has 0 saturated carbocycles.